The largest absolute Gasteiger partial charge is 0.490 e. The van der Waals surface area contributed by atoms with Gasteiger partial charge in [-0.05, 0) is 71.0 Å². The van der Waals surface area contributed by atoms with Crippen molar-refractivity contribution in [1.82, 2.24) is 9.88 Å². The van der Waals surface area contributed by atoms with Crippen LogP contribution in [-0.2, 0) is 4.74 Å². The average Bonchev–Trinajstić information content (AvgIpc) is 2.90. The number of benzene rings is 1. The van der Waals surface area contributed by atoms with Crippen LogP contribution in [0.5, 0.6) is 5.75 Å². The van der Waals surface area contributed by atoms with Gasteiger partial charge in [0.1, 0.15) is 17.5 Å². The van der Waals surface area contributed by atoms with E-state index in [0.29, 0.717) is 0 Å². The summed E-state index contributed by atoms with van der Waals surface area (Å²) in [5.74, 6) is 0.853. The summed E-state index contributed by atoms with van der Waals surface area (Å²) < 4.78 is 13.0. The second-order valence-corrected chi connectivity index (χ2v) is 6.95. The lowest BCUT2D eigenvalue weighted by Crippen LogP contribution is -2.34. The molecular formula is C18H24N2O3. The first-order valence-electron chi connectivity index (χ1n) is 8.14. The Balaban J connectivity index is 1.78. The molecule has 0 bridgehead atoms. The quantitative estimate of drug-likeness (QED) is 0.920. The molecule has 2 heterocycles. The Bertz CT molecular complexity index is 694. The van der Waals surface area contributed by atoms with Gasteiger partial charge in [0.25, 0.3) is 0 Å². The van der Waals surface area contributed by atoms with Crippen molar-refractivity contribution >= 4 is 17.0 Å². The molecule has 1 saturated heterocycles. The number of aromatic nitrogens is 1. The van der Waals surface area contributed by atoms with Crippen LogP contribution in [0.15, 0.2) is 30.5 Å². The number of rotatable bonds is 2. The van der Waals surface area contributed by atoms with Crippen LogP contribution in [0.4, 0.5) is 4.79 Å². The first kappa shape index (κ1) is 15.9. The van der Waals surface area contributed by atoms with Gasteiger partial charge < -0.3 is 14.8 Å². The number of carbonyl (C=O) groups excluding carboxylic acids is 1. The molecule has 1 fully saturated rings. The number of carbonyl (C=O) groups is 1. The molecule has 5 nitrogen and oxygen atoms in total. The van der Waals surface area contributed by atoms with Gasteiger partial charge in [-0.25, -0.2) is 4.79 Å². The second kappa shape index (κ2) is 6.24. The number of fused-ring (bicyclic) bond motifs is 1. The van der Waals surface area contributed by atoms with Gasteiger partial charge in [0, 0.05) is 11.6 Å². The second-order valence-electron chi connectivity index (χ2n) is 6.95. The minimum atomic E-state index is -0.508. The lowest BCUT2D eigenvalue weighted by atomic mass is 10.1. The SMILES string of the molecule is CC(C)(C)OC(=O)n1ccc2cc(OC3CCNCC3)ccc21. The summed E-state index contributed by atoms with van der Waals surface area (Å²) in [7, 11) is 0. The predicted molar refractivity (Wildman–Crippen MR) is 90.1 cm³/mol. The molecule has 1 N–H and O–H groups in total. The monoisotopic (exact) mass is 316 g/mol. The van der Waals surface area contributed by atoms with Crippen LogP contribution in [0.3, 0.4) is 0 Å². The van der Waals surface area contributed by atoms with E-state index in [0.717, 1.165) is 42.6 Å². The molecule has 0 saturated carbocycles. The van der Waals surface area contributed by atoms with E-state index in [9.17, 15) is 4.79 Å². The molecule has 124 valence electrons. The highest BCUT2D eigenvalue weighted by Gasteiger charge is 2.19. The van der Waals surface area contributed by atoms with Gasteiger partial charge >= 0.3 is 6.09 Å². The number of hydrogen-bond acceptors (Lipinski definition) is 4. The summed E-state index contributed by atoms with van der Waals surface area (Å²) in [5, 5.41) is 4.30. The molecule has 23 heavy (non-hydrogen) atoms. The van der Waals surface area contributed by atoms with Crippen LogP contribution in [0.25, 0.3) is 10.9 Å². The third-order valence-corrected chi connectivity index (χ3v) is 3.84. The maximum absolute atomic E-state index is 12.2. The number of ether oxygens (including phenoxy) is 2. The van der Waals surface area contributed by atoms with Crippen LogP contribution in [0.1, 0.15) is 33.6 Å². The summed E-state index contributed by atoms with van der Waals surface area (Å²) in [4.78, 5) is 12.2. The molecule has 1 aromatic carbocycles. The maximum atomic E-state index is 12.2. The van der Waals surface area contributed by atoms with Gasteiger partial charge in [0.2, 0.25) is 0 Å². The van der Waals surface area contributed by atoms with Gasteiger partial charge in [0.05, 0.1) is 5.52 Å². The topological polar surface area (TPSA) is 52.5 Å². The van der Waals surface area contributed by atoms with Crippen LogP contribution in [0.2, 0.25) is 0 Å². The summed E-state index contributed by atoms with van der Waals surface area (Å²) >= 11 is 0. The minimum absolute atomic E-state index is 0.265. The Morgan fingerprint density at radius 2 is 1.96 bits per heavy atom. The van der Waals surface area contributed by atoms with E-state index < -0.39 is 5.60 Å². The highest BCUT2D eigenvalue weighted by atomic mass is 16.6. The van der Waals surface area contributed by atoms with Gasteiger partial charge in [-0.15, -0.1) is 0 Å². The Morgan fingerprint density at radius 1 is 1.22 bits per heavy atom. The van der Waals surface area contributed by atoms with Crippen molar-refractivity contribution in [2.24, 2.45) is 0 Å². The summed E-state index contributed by atoms with van der Waals surface area (Å²) in [6, 6.07) is 7.73. The highest BCUT2D eigenvalue weighted by Crippen LogP contribution is 2.25. The van der Waals surface area contributed by atoms with Crippen LogP contribution in [0, 0.1) is 0 Å². The smallest absolute Gasteiger partial charge is 0.418 e. The van der Waals surface area contributed by atoms with Crippen molar-refractivity contribution in [3.63, 3.8) is 0 Å². The van der Waals surface area contributed by atoms with Crippen molar-refractivity contribution in [3.8, 4) is 5.75 Å². The van der Waals surface area contributed by atoms with E-state index in [-0.39, 0.29) is 12.2 Å². The molecule has 2 aromatic rings. The molecule has 1 aliphatic rings. The maximum Gasteiger partial charge on any atom is 0.418 e. The van der Waals surface area contributed by atoms with Crippen molar-refractivity contribution < 1.29 is 14.3 Å². The van der Waals surface area contributed by atoms with E-state index in [2.05, 4.69) is 5.32 Å². The number of piperidine rings is 1. The molecule has 3 rings (SSSR count). The number of nitrogens with zero attached hydrogens (tertiary/aromatic N) is 1. The highest BCUT2D eigenvalue weighted by molar-refractivity contribution is 5.90. The molecular weight excluding hydrogens is 292 g/mol. The van der Waals surface area contributed by atoms with Crippen molar-refractivity contribution in [3.05, 3.63) is 30.5 Å². The van der Waals surface area contributed by atoms with Crippen molar-refractivity contribution in [1.29, 1.82) is 0 Å². The normalized spacial score (nSPS) is 16.5. The Hall–Kier alpha value is -2.01. The summed E-state index contributed by atoms with van der Waals surface area (Å²) in [6.45, 7) is 7.59. The summed E-state index contributed by atoms with van der Waals surface area (Å²) in [5.41, 5.74) is 0.322. The van der Waals surface area contributed by atoms with Gasteiger partial charge in [-0.3, -0.25) is 4.57 Å². The van der Waals surface area contributed by atoms with E-state index in [1.807, 2.05) is 45.0 Å². The molecule has 1 aromatic heterocycles. The Kier molecular flexibility index (Phi) is 4.31. The molecule has 0 aliphatic carbocycles. The molecule has 0 unspecified atom stereocenters. The van der Waals surface area contributed by atoms with Crippen molar-refractivity contribution in [2.45, 2.75) is 45.3 Å². The predicted octanol–water partition coefficient (Wildman–Crippen LogP) is 3.56. The van der Waals surface area contributed by atoms with Crippen LogP contribution < -0.4 is 10.1 Å². The van der Waals surface area contributed by atoms with Gasteiger partial charge in [-0.1, -0.05) is 0 Å². The molecule has 0 radical (unpaired) electrons. The van der Waals surface area contributed by atoms with E-state index >= 15 is 0 Å². The summed E-state index contributed by atoms with van der Waals surface area (Å²) in [6.07, 6.45) is 3.70. The molecule has 5 heteroatoms. The molecule has 1 aliphatic heterocycles. The fraction of sp³-hybridized carbons (Fsp3) is 0.500. The number of nitrogens with one attached hydrogen (secondary N) is 1. The fourth-order valence-corrected chi connectivity index (χ4v) is 2.77. The zero-order chi connectivity index (χ0) is 16.4. The first-order valence-corrected chi connectivity index (χ1v) is 8.14. The lowest BCUT2D eigenvalue weighted by Gasteiger charge is -2.24. The number of hydrogen-bond donors (Lipinski definition) is 1. The minimum Gasteiger partial charge on any atom is -0.490 e. The van der Waals surface area contributed by atoms with Crippen molar-refractivity contribution in [2.75, 3.05) is 13.1 Å². The van der Waals surface area contributed by atoms with E-state index in [1.165, 1.54) is 4.57 Å². The molecule has 0 atom stereocenters. The van der Waals surface area contributed by atoms with Gasteiger partial charge in [-0.2, -0.15) is 0 Å². The van der Waals surface area contributed by atoms with E-state index in [4.69, 9.17) is 9.47 Å². The fourth-order valence-electron chi connectivity index (χ4n) is 2.77. The Morgan fingerprint density at radius 3 is 2.65 bits per heavy atom. The van der Waals surface area contributed by atoms with Crippen LogP contribution >= 0.6 is 0 Å². The molecule has 0 amide bonds. The van der Waals surface area contributed by atoms with Gasteiger partial charge in [0.15, 0.2) is 0 Å². The lowest BCUT2D eigenvalue weighted by molar-refractivity contribution is 0.0544. The zero-order valence-corrected chi connectivity index (χ0v) is 14.0. The third kappa shape index (κ3) is 3.85. The standard InChI is InChI=1S/C18H24N2O3/c1-18(2,3)23-17(21)20-11-8-13-12-15(4-5-16(13)20)22-14-6-9-19-10-7-14/h4-5,8,11-12,14,19H,6-7,9-10H2,1-3H3. The zero-order valence-electron chi connectivity index (χ0n) is 14.0. The van der Waals surface area contributed by atoms with E-state index in [1.54, 1.807) is 6.20 Å². The third-order valence-electron chi connectivity index (χ3n) is 3.84. The molecule has 0 spiro atoms. The first-order chi connectivity index (χ1) is 10.9. The Labute approximate surface area is 136 Å². The van der Waals surface area contributed by atoms with Crippen LogP contribution in [-0.4, -0.2) is 35.5 Å². The average molecular weight is 316 g/mol.